The van der Waals surface area contributed by atoms with Gasteiger partial charge in [0.15, 0.2) is 5.25 Å². The van der Waals surface area contributed by atoms with Gasteiger partial charge >= 0.3 is 5.97 Å². The summed E-state index contributed by atoms with van der Waals surface area (Å²) in [6.45, 7) is 2.28. The summed E-state index contributed by atoms with van der Waals surface area (Å²) >= 11 is 0. The molecule has 6 heteroatoms. The third kappa shape index (κ3) is 23.1. The van der Waals surface area contributed by atoms with Gasteiger partial charge in [0.05, 0.1) is 0 Å². The van der Waals surface area contributed by atoms with Crippen LogP contribution < -0.4 is 0 Å². The smallest absolute Gasteiger partial charge is 0.324 e. The fourth-order valence-electron chi connectivity index (χ4n) is 4.69. The van der Waals surface area contributed by atoms with Crippen molar-refractivity contribution in [3.63, 3.8) is 0 Å². The monoisotopic (exact) mass is 504 g/mol. The number of hydrogen-bond acceptors (Lipinski definition) is 3. The molecule has 2 N–H and O–H groups in total. The van der Waals surface area contributed by atoms with Crippen molar-refractivity contribution < 1.29 is 22.9 Å². The summed E-state index contributed by atoms with van der Waals surface area (Å²) in [6.07, 6.45) is 31.1. The standard InChI is InChI=1S/C28H56O5S/c1-2-3-4-5-6-7-8-9-10-11-12-13-14-15-16-17-18-19-20-21-22-23-24-25-26-27(28(29)30)34(31,32)33/h27H,2-26H2,1H3,(H,29,30)(H,31,32,33). The first-order valence-corrected chi connectivity index (χ1v) is 16.1. The van der Waals surface area contributed by atoms with E-state index >= 15 is 0 Å². The van der Waals surface area contributed by atoms with Crippen LogP contribution in [0.4, 0.5) is 0 Å². The molecular formula is C28H56O5S. The lowest BCUT2D eigenvalue weighted by atomic mass is 10.0. The third-order valence-electron chi connectivity index (χ3n) is 6.95. The summed E-state index contributed by atoms with van der Waals surface area (Å²) < 4.78 is 30.9. The van der Waals surface area contributed by atoms with Gasteiger partial charge in [0.1, 0.15) is 0 Å². The molecule has 1 atom stereocenters. The second kappa shape index (κ2) is 24.1. The van der Waals surface area contributed by atoms with E-state index in [2.05, 4.69) is 6.92 Å². The number of hydrogen-bond donors (Lipinski definition) is 2. The molecule has 0 aliphatic rings. The average molecular weight is 505 g/mol. The van der Waals surface area contributed by atoms with Crippen LogP contribution in [0.1, 0.15) is 167 Å². The predicted molar refractivity (Wildman–Crippen MR) is 144 cm³/mol. The van der Waals surface area contributed by atoms with Crippen LogP contribution in [0, 0.1) is 0 Å². The van der Waals surface area contributed by atoms with Crippen molar-refractivity contribution >= 4 is 16.1 Å². The SMILES string of the molecule is CCCCCCCCCCCCCCCCCCCCCCCCCCC(C(=O)O)S(=O)(=O)O. The topological polar surface area (TPSA) is 91.7 Å². The van der Waals surface area contributed by atoms with Gasteiger partial charge in [0.2, 0.25) is 0 Å². The lowest BCUT2D eigenvalue weighted by Crippen LogP contribution is -2.29. The van der Waals surface area contributed by atoms with E-state index in [0.29, 0.717) is 6.42 Å². The molecule has 0 aliphatic carbocycles. The van der Waals surface area contributed by atoms with Crippen LogP contribution in [0.25, 0.3) is 0 Å². The van der Waals surface area contributed by atoms with Gasteiger partial charge in [-0.2, -0.15) is 8.42 Å². The Labute approximate surface area is 211 Å². The van der Waals surface area contributed by atoms with Crippen molar-refractivity contribution in [3.05, 3.63) is 0 Å². The van der Waals surface area contributed by atoms with Gasteiger partial charge in [-0.25, -0.2) is 0 Å². The first-order valence-electron chi connectivity index (χ1n) is 14.6. The molecule has 0 aromatic heterocycles. The van der Waals surface area contributed by atoms with Crippen molar-refractivity contribution in [2.75, 3.05) is 0 Å². The molecule has 0 heterocycles. The highest BCUT2D eigenvalue weighted by atomic mass is 32.2. The first kappa shape index (κ1) is 33.4. The van der Waals surface area contributed by atoms with Crippen LogP contribution in [0.2, 0.25) is 0 Å². The van der Waals surface area contributed by atoms with Crippen LogP contribution in [0.15, 0.2) is 0 Å². The Hall–Kier alpha value is -0.620. The van der Waals surface area contributed by atoms with Crippen molar-refractivity contribution in [1.29, 1.82) is 0 Å². The summed E-state index contributed by atoms with van der Waals surface area (Å²) in [5, 5.41) is 7.18. The van der Waals surface area contributed by atoms with Gasteiger partial charge in [-0.15, -0.1) is 0 Å². The summed E-state index contributed by atoms with van der Waals surface area (Å²) in [7, 11) is -4.49. The molecule has 0 saturated carbocycles. The predicted octanol–water partition coefficient (Wildman–Crippen LogP) is 9.10. The molecule has 0 spiro atoms. The summed E-state index contributed by atoms with van der Waals surface area (Å²) in [5.41, 5.74) is 0. The Morgan fingerprint density at radius 2 is 0.765 bits per heavy atom. The van der Waals surface area contributed by atoms with Gasteiger partial charge in [-0.1, -0.05) is 161 Å². The highest BCUT2D eigenvalue weighted by Gasteiger charge is 2.29. The fraction of sp³-hybridized carbons (Fsp3) is 0.964. The minimum atomic E-state index is -4.49. The van der Waals surface area contributed by atoms with Crippen LogP contribution in [0.3, 0.4) is 0 Å². The van der Waals surface area contributed by atoms with Gasteiger partial charge in [-0.05, 0) is 6.42 Å². The van der Waals surface area contributed by atoms with Crippen LogP contribution >= 0.6 is 0 Å². The Kier molecular flexibility index (Phi) is 23.7. The maximum Gasteiger partial charge on any atom is 0.324 e. The molecule has 0 radical (unpaired) electrons. The first-order chi connectivity index (χ1) is 16.4. The average Bonchev–Trinajstić information content (AvgIpc) is 2.78. The molecule has 0 saturated heterocycles. The quantitative estimate of drug-likeness (QED) is 0.0859. The van der Waals surface area contributed by atoms with Crippen molar-refractivity contribution in [3.8, 4) is 0 Å². The molecular weight excluding hydrogens is 448 g/mol. The number of rotatable bonds is 27. The lowest BCUT2D eigenvalue weighted by molar-refractivity contribution is -0.136. The number of carbonyl (C=O) groups is 1. The van der Waals surface area contributed by atoms with E-state index in [-0.39, 0.29) is 6.42 Å². The molecule has 0 aromatic rings. The van der Waals surface area contributed by atoms with E-state index in [9.17, 15) is 13.2 Å². The largest absolute Gasteiger partial charge is 0.480 e. The van der Waals surface area contributed by atoms with E-state index in [0.717, 1.165) is 19.3 Å². The second-order valence-electron chi connectivity index (χ2n) is 10.3. The highest BCUT2D eigenvalue weighted by molar-refractivity contribution is 7.87. The molecule has 0 aromatic carbocycles. The zero-order valence-corrected chi connectivity index (χ0v) is 23.1. The van der Waals surface area contributed by atoms with Crippen LogP contribution in [-0.2, 0) is 14.9 Å². The Bertz CT molecular complexity index is 547. The van der Waals surface area contributed by atoms with Gasteiger partial charge in [0, 0.05) is 0 Å². The maximum absolute atomic E-state index is 11.0. The van der Waals surface area contributed by atoms with Gasteiger partial charge < -0.3 is 5.11 Å². The molecule has 0 rings (SSSR count). The normalized spacial score (nSPS) is 12.8. The molecule has 1 unspecified atom stereocenters. The highest BCUT2D eigenvalue weighted by Crippen LogP contribution is 2.16. The van der Waals surface area contributed by atoms with E-state index in [1.165, 1.54) is 128 Å². The molecule has 34 heavy (non-hydrogen) atoms. The Morgan fingerprint density at radius 1 is 0.529 bits per heavy atom. The minimum Gasteiger partial charge on any atom is -0.480 e. The lowest BCUT2D eigenvalue weighted by Gasteiger charge is -2.08. The zero-order valence-electron chi connectivity index (χ0n) is 22.3. The van der Waals surface area contributed by atoms with E-state index in [1.54, 1.807) is 0 Å². The maximum atomic E-state index is 11.0. The van der Waals surface area contributed by atoms with E-state index in [4.69, 9.17) is 9.66 Å². The molecule has 204 valence electrons. The van der Waals surface area contributed by atoms with Crippen LogP contribution in [0.5, 0.6) is 0 Å². The molecule has 0 amide bonds. The van der Waals surface area contributed by atoms with Crippen molar-refractivity contribution in [2.24, 2.45) is 0 Å². The van der Waals surface area contributed by atoms with Crippen molar-refractivity contribution in [1.82, 2.24) is 0 Å². The second-order valence-corrected chi connectivity index (χ2v) is 11.9. The van der Waals surface area contributed by atoms with Gasteiger partial charge in [0.25, 0.3) is 10.1 Å². The summed E-state index contributed by atoms with van der Waals surface area (Å²) in [4.78, 5) is 10.9. The van der Waals surface area contributed by atoms with Crippen LogP contribution in [-0.4, -0.2) is 29.3 Å². The minimum absolute atomic E-state index is 0.00653. The number of carboxylic acid groups (broad SMARTS) is 1. The zero-order chi connectivity index (χ0) is 25.3. The van der Waals surface area contributed by atoms with E-state index in [1.807, 2.05) is 0 Å². The molecule has 5 nitrogen and oxygen atoms in total. The van der Waals surface area contributed by atoms with Gasteiger partial charge in [-0.3, -0.25) is 9.35 Å². The third-order valence-corrected chi connectivity index (χ3v) is 8.11. The summed E-state index contributed by atoms with van der Waals surface area (Å²) in [5.74, 6) is -1.46. The number of carboxylic acids is 1. The molecule has 0 bridgehead atoms. The van der Waals surface area contributed by atoms with Crippen molar-refractivity contribution in [2.45, 2.75) is 173 Å². The Morgan fingerprint density at radius 3 is 0.971 bits per heavy atom. The molecule has 0 aliphatic heterocycles. The van der Waals surface area contributed by atoms with E-state index < -0.39 is 21.3 Å². The number of unbranched alkanes of at least 4 members (excludes halogenated alkanes) is 23. The molecule has 0 fully saturated rings. The Balaban J connectivity index is 3.21. The fourth-order valence-corrected chi connectivity index (χ4v) is 5.41. The number of aliphatic carboxylic acids is 1. The summed E-state index contributed by atoms with van der Waals surface area (Å²) in [6, 6.07) is 0.